The molecule has 4 heteroatoms. The smallest absolute Gasteiger partial charge is 0.127 e. The summed E-state index contributed by atoms with van der Waals surface area (Å²) in [4.78, 5) is 0. The third-order valence-corrected chi connectivity index (χ3v) is 3.47. The molecule has 20 heavy (non-hydrogen) atoms. The Bertz CT molecular complexity index is 615. The van der Waals surface area contributed by atoms with Crippen LogP contribution in [0, 0.1) is 5.82 Å². The third-order valence-electron chi connectivity index (χ3n) is 3.47. The molecule has 0 aliphatic carbocycles. The summed E-state index contributed by atoms with van der Waals surface area (Å²) in [5.74, 6) is 0.741. The van der Waals surface area contributed by atoms with Gasteiger partial charge in [-0.3, -0.25) is 0 Å². The van der Waals surface area contributed by atoms with Crippen LogP contribution in [0.15, 0.2) is 42.5 Å². The molecule has 0 bridgehead atoms. The van der Waals surface area contributed by atoms with Crippen LogP contribution in [-0.2, 0) is 6.42 Å². The number of hydrogen-bond donors (Lipinski definition) is 2. The Kier molecular flexibility index (Phi) is 3.56. The van der Waals surface area contributed by atoms with Crippen LogP contribution >= 0.6 is 0 Å². The number of rotatable bonds is 4. The van der Waals surface area contributed by atoms with E-state index in [0.717, 1.165) is 29.8 Å². The van der Waals surface area contributed by atoms with Gasteiger partial charge in [-0.1, -0.05) is 12.1 Å². The quantitative estimate of drug-likeness (QED) is 0.900. The Morgan fingerprint density at radius 1 is 1.25 bits per heavy atom. The molecule has 1 unspecified atom stereocenters. The van der Waals surface area contributed by atoms with Gasteiger partial charge in [-0.05, 0) is 42.8 Å². The molecule has 0 radical (unpaired) electrons. The molecule has 0 saturated heterocycles. The molecule has 1 aliphatic heterocycles. The van der Waals surface area contributed by atoms with E-state index in [-0.39, 0.29) is 17.6 Å². The maximum atomic E-state index is 13.1. The molecule has 0 saturated carbocycles. The number of halogens is 1. The van der Waals surface area contributed by atoms with Crippen molar-refractivity contribution in [3.05, 3.63) is 59.4 Å². The van der Waals surface area contributed by atoms with Gasteiger partial charge in [0.05, 0.1) is 6.04 Å². The molecule has 3 rings (SSSR count). The number of aromatic hydroxyl groups is 1. The Morgan fingerprint density at radius 3 is 3.00 bits per heavy atom. The number of ether oxygens (including phenoxy) is 1. The van der Waals surface area contributed by atoms with Gasteiger partial charge in [0.15, 0.2) is 0 Å². The van der Waals surface area contributed by atoms with Crippen LogP contribution in [0.3, 0.4) is 0 Å². The van der Waals surface area contributed by atoms with Crippen LogP contribution in [0.2, 0.25) is 0 Å². The van der Waals surface area contributed by atoms with Gasteiger partial charge in [-0.2, -0.15) is 0 Å². The average molecular weight is 273 g/mol. The Hall–Kier alpha value is -2.07. The predicted molar refractivity (Wildman–Crippen MR) is 74.4 cm³/mol. The topological polar surface area (TPSA) is 41.5 Å². The van der Waals surface area contributed by atoms with Crippen molar-refractivity contribution in [3.63, 3.8) is 0 Å². The monoisotopic (exact) mass is 273 g/mol. The van der Waals surface area contributed by atoms with Gasteiger partial charge in [-0.25, -0.2) is 4.39 Å². The number of benzene rings is 2. The lowest BCUT2D eigenvalue weighted by molar-refractivity contribution is 0.311. The molecular weight excluding hydrogens is 257 g/mol. The van der Waals surface area contributed by atoms with E-state index in [1.807, 2.05) is 12.1 Å². The number of fused-ring (bicyclic) bond motifs is 1. The van der Waals surface area contributed by atoms with Crippen LogP contribution < -0.4 is 10.1 Å². The molecule has 0 aromatic heterocycles. The van der Waals surface area contributed by atoms with Gasteiger partial charge < -0.3 is 15.2 Å². The summed E-state index contributed by atoms with van der Waals surface area (Å²) in [5.41, 5.74) is 2.03. The zero-order valence-electron chi connectivity index (χ0n) is 11.0. The summed E-state index contributed by atoms with van der Waals surface area (Å²) < 4.78 is 18.6. The first kappa shape index (κ1) is 12.9. The maximum Gasteiger partial charge on any atom is 0.127 e. The normalized spacial score (nSPS) is 16.8. The fourth-order valence-corrected chi connectivity index (χ4v) is 2.45. The average Bonchev–Trinajstić information content (AvgIpc) is 2.81. The first-order valence-corrected chi connectivity index (χ1v) is 6.66. The number of phenols is 1. The van der Waals surface area contributed by atoms with E-state index in [9.17, 15) is 9.50 Å². The molecule has 0 spiro atoms. The van der Waals surface area contributed by atoms with Crippen LogP contribution in [0.4, 0.5) is 4.39 Å². The van der Waals surface area contributed by atoms with Gasteiger partial charge >= 0.3 is 0 Å². The first-order chi connectivity index (χ1) is 9.72. The second kappa shape index (κ2) is 5.51. The highest BCUT2D eigenvalue weighted by Gasteiger charge is 2.23. The highest BCUT2D eigenvalue weighted by atomic mass is 19.1. The van der Waals surface area contributed by atoms with E-state index < -0.39 is 0 Å². The molecule has 104 valence electrons. The molecule has 2 N–H and O–H groups in total. The minimum absolute atomic E-state index is 0.124. The minimum Gasteiger partial charge on any atom is -0.508 e. The predicted octanol–water partition coefficient (Wildman–Crippen LogP) is 2.80. The molecule has 0 amide bonds. The molecule has 1 atom stereocenters. The van der Waals surface area contributed by atoms with E-state index in [4.69, 9.17) is 4.74 Å². The second-order valence-corrected chi connectivity index (χ2v) is 4.92. The highest BCUT2D eigenvalue weighted by Crippen LogP contribution is 2.34. The zero-order chi connectivity index (χ0) is 13.9. The first-order valence-electron chi connectivity index (χ1n) is 6.66. The fourth-order valence-electron chi connectivity index (χ4n) is 2.45. The molecule has 2 aromatic rings. The highest BCUT2D eigenvalue weighted by molar-refractivity contribution is 5.44. The van der Waals surface area contributed by atoms with Crippen molar-refractivity contribution in [1.29, 1.82) is 0 Å². The van der Waals surface area contributed by atoms with Crippen molar-refractivity contribution in [3.8, 4) is 11.5 Å². The van der Waals surface area contributed by atoms with E-state index in [2.05, 4.69) is 5.32 Å². The maximum absolute atomic E-state index is 13.1. The van der Waals surface area contributed by atoms with Crippen LogP contribution in [0.25, 0.3) is 0 Å². The number of phenolic OH excluding ortho intramolecular Hbond substituents is 1. The zero-order valence-corrected chi connectivity index (χ0v) is 11.0. The van der Waals surface area contributed by atoms with Crippen molar-refractivity contribution in [2.24, 2.45) is 0 Å². The lowest BCUT2D eigenvalue weighted by Gasteiger charge is -2.11. The van der Waals surface area contributed by atoms with E-state index in [1.54, 1.807) is 24.3 Å². The standard InChI is InChI=1S/C16H16FNO2/c17-12-3-1-2-11(8-12)6-7-18-15-10-20-16-9-13(19)4-5-14(15)16/h1-5,8-9,15,18-19H,6-7,10H2. The van der Waals surface area contributed by atoms with Crippen molar-refractivity contribution >= 4 is 0 Å². The van der Waals surface area contributed by atoms with Crippen molar-refractivity contribution in [2.75, 3.05) is 13.2 Å². The summed E-state index contributed by atoms with van der Waals surface area (Å²) in [5, 5.41) is 12.8. The molecule has 1 aliphatic rings. The fraction of sp³-hybridized carbons (Fsp3) is 0.250. The van der Waals surface area contributed by atoms with Crippen LogP contribution in [0.1, 0.15) is 17.2 Å². The van der Waals surface area contributed by atoms with E-state index >= 15 is 0 Å². The largest absolute Gasteiger partial charge is 0.508 e. The third kappa shape index (κ3) is 2.75. The summed E-state index contributed by atoms with van der Waals surface area (Å²) in [6.07, 6.45) is 0.766. The van der Waals surface area contributed by atoms with Gasteiger partial charge in [0.1, 0.15) is 23.9 Å². The Balaban J connectivity index is 1.58. The number of nitrogens with one attached hydrogen (secondary N) is 1. The molecule has 1 heterocycles. The van der Waals surface area contributed by atoms with Gasteiger partial charge in [0, 0.05) is 11.6 Å². The summed E-state index contributed by atoms with van der Waals surface area (Å²) >= 11 is 0. The van der Waals surface area contributed by atoms with Crippen molar-refractivity contribution in [1.82, 2.24) is 5.32 Å². The van der Waals surface area contributed by atoms with Crippen molar-refractivity contribution < 1.29 is 14.2 Å². The van der Waals surface area contributed by atoms with E-state index in [0.29, 0.717) is 6.61 Å². The molecular formula is C16H16FNO2. The molecule has 0 fully saturated rings. The van der Waals surface area contributed by atoms with Gasteiger partial charge in [0.2, 0.25) is 0 Å². The molecule has 2 aromatic carbocycles. The van der Waals surface area contributed by atoms with E-state index in [1.165, 1.54) is 6.07 Å². The van der Waals surface area contributed by atoms with Gasteiger partial charge in [0.25, 0.3) is 0 Å². The summed E-state index contributed by atoms with van der Waals surface area (Å²) in [7, 11) is 0. The van der Waals surface area contributed by atoms with Crippen LogP contribution in [-0.4, -0.2) is 18.3 Å². The minimum atomic E-state index is -0.201. The summed E-state index contributed by atoms with van der Waals surface area (Å²) in [6, 6.07) is 11.9. The van der Waals surface area contributed by atoms with Crippen molar-refractivity contribution in [2.45, 2.75) is 12.5 Å². The Labute approximate surface area is 117 Å². The lowest BCUT2D eigenvalue weighted by atomic mass is 10.1. The Morgan fingerprint density at radius 2 is 2.15 bits per heavy atom. The van der Waals surface area contributed by atoms with Crippen LogP contribution in [0.5, 0.6) is 11.5 Å². The van der Waals surface area contributed by atoms with Gasteiger partial charge in [-0.15, -0.1) is 0 Å². The molecule has 3 nitrogen and oxygen atoms in total. The second-order valence-electron chi connectivity index (χ2n) is 4.92. The SMILES string of the molecule is Oc1ccc2c(c1)OCC2NCCc1cccc(F)c1. The lowest BCUT2D eigenvalue weighted by Crippen LogP contribution is -2.24. The summed E-state index contributed by atoms with van der Waals surface area (Å²) in [6.45, 7) is 1.31. The number of hydrogen-bond acceptors (Lipinski definition) is 3.